The third kappa shape index (κ3) is 2.46. The zero-order valence-corrected chi connectivity index (χ0v) is 12.7. The summed E-state index contributed by atoms with van der Waals surface area (Å²) in [5.74, 6) is 2.41. The molecule has 0 unspecified atom stereocenters. The van der Waals surface area contributed by atoms with Crippen molar-refractivity contribution in [1.82, 2.24) is 4.98 Å². The Balaban J connectivity index is 2.00. The Morgan fingerprint density at radius 1 is 0.696 bits per heavy atom. The lowest BCUT2D eigenvalue weighted by atomic mass is 10.1. The SMILES string of the molecule is COc1ccc2c(Oc3ccccc3)c3ccccc3nc2c1. The van der Waals surface area contributed by atoms with Crippen LogP contribution in [-0.4, -0.2) is 12.1 Å². The van der Waals surface area contributed by atoms with Gasteiger partial charge in [0, 0.05) is 16.8 Å². The summed E-state index contributed by atoms with van der Waals surface area (Å²) < 4.78 is 11.5. The molecule has 0 fully saturated rings. The molecule has 3 heteroatoms. The molecule has 3 nitrogen and oxygen atoms in total. The summed E-state index contributed by atoms with van der Waals surface area (Å²) in [5.41, 5.74) is 1.76. The Bertz CT molecular complexity index is 981. The van der Waals surface area contributed by atoms with Crippen molar-refractivity contribution in [3.63, 3.8) is 0 Å². The van der Waals surface area contributed by atoms with Gasteiger partial charge in [0.25, 0.3) is 0 Å². The minimum absolute atomic E-state index is 0.783. The largest absolute Gasteiger partial charge is 0.497 e. The molecule has 0 bridgehead atoms. The van der Waals surface area contributed by atoms with Gasteiger partial charge in [0.2, 0.25) is 0 Å². The summed E-state index contributed by atoms with van der Waals surface area (Å²) in [5, 5.41) is 1.96. The number of nitrogens with zero attached hydrogens (tertiary/aromatic N) is 1. The second kappa shape index (κ2) is 5.61. The Labute approximate surface area is 134 Å². The third-order valence-electron chi connectivity index (χ3n) is 3.80. The second-order valence-corrected chi connectivity index (χ2v) is 5.26. The van der Waals surface area contributed by atoms with Crippen molar-refractivity contribution in [1.29, 1.82) is 0 Å². The number of hydrogen-bond donors (Lipinski definition) is 0. The predicted octanol–water partition coefficient (Wildman–Crippen LogP) is 5.19. The molecule has 0 atom stereocenters. The van der Waals surface area contributed by atoms with Gasteiger partial charge >= 0.3 is 0 Å². The van der Waals surface area contributed by atoms with E-state index in [9.17, 15) is 0 Å². The molecule has 3 aromatic carbocycles. The average Bonchev–Trinajstić information content (AvgIpc) is 2.62. The van der Waals surface area contributed by atoms with Gasteiger partial charge in [-0.2, -0.15) is 0 Å². The molecule has 23 heavy (non-hydrogen) atoms. The highest BCUT2D eigenvalue weighted by molar-refractivity contribution is 6.01. The molecule has 0 aliphatic heterocycles. The van der Waals surface area contributed by atoms with E-state index < -0.39 is 0 Å². The number of para-hydroxylation sites is 2. The van der Waals surface area contributed by atoms with Crippen molar-refractivity contribution in [2.24, 2.45) is 0 Å². The van der Waals surface area contributed by atoms with Crippen LogP contribution in [-0.2, 0) is 0 Å². The Kier molecular flexibility index (Phi) is 3.31. The molecule has 0 saturated carbocycles. The molecular formula is C20H15NO2. The van der Waals surface area contributed by atoms with Crippen molar-refractivity contribution in [2.75, 3.05) is 7.11 Å². The summed E-state index contributed by atoms with van der Waals surface area (Å²) in [6, 6.07) is 23.6. The maximum Gasteiger partial charge on any atom is 0.146 e. The zero-order valence-electron chi connectivity index (χ0n) is 12.7. The van der Waals surface area contributed by atoms with Crippen LogP contribution in [0.2, 0.25) is 0 Å². The quantitative estimate of drug-likeness (QED) is 0.488. The summed E-state index contributed by atoms with van der Waals surface area (Å²) in [7, 11) is 1.66. The van der Waals surface area contributed by atoms with E-state index in [1.165, 1.54) is 0 Å². The molecule has 1 aromatic heterocycles. The fraction of sp³-hybridized carbons (Fsp3) is 0.0500. The summed E-state index contributed by atoms with van der Waals surface area (Å²) in [6.45, 7) is 0. The zero-order chi connectivity index (χ0) is 15.6. The highest BCUT2D eigenvalue weighted by atomic mass is 16.5. The number of fused-ring (bicyclic) bond motifs is 2. The Morgan fingerprint density at radius 3 is 2.26 bits per heavy atom. The van der Waals surface area contributed by atoms with Gasteiger partial charge in [-0.15, -0.1) is 0 Å². The molecule has 4 aromatic rings. The number of hydrogen-bond acceptors (Lipinski definition) is 3. The second-order valence-electron chi connectivity index (χ2n) is 5.26. The third-order valence-corrected chi connectivity index (χ3v) is 3.80. The molecule has 0 radical (unpaired) electrons. The lowest BCUT2D eigenvalue weighted by Gasteiger charge is -2.13. The van der Waals surface area contributed by atoms with E-state index in [-0.39, 0.29) is 0 Å². The van der Waals surface area contributed by atoms with Crippen LogP contribution < -0.4 is 9.47 Å². The Morgan fingerprint density at radius 2 is 1.43 bits per heavy atom. The number of aromatic nitrogens is 1. The van der Waals surface area contributed by atoms with Crippen LogP contribution in [0.4, 0.5) is 0 Å². The van der Waals surface area contributed by atoms with Gasteiger partial charge in [0.05, 0.1) is 18.1 Å². The molecule has 0 saturated heterocycles. The first kappa shape index (κ1) is 13.6. The highest BCUT2D eigenvalue weighted by Gasteiger charge is 2.11. The number of pyridine rings is 1. The molecule has 0 spiro atoms. The van der Waals surface area contributed by atoms with Gasteiger partial charge < -0.3 is 9.47 Å². The summed E-state index contributed by atoms with van der Waals surface area (Å²) >= 11 is 0. The van der Waals surface area contributed by atoms with E-state index in [2.05, 4.69) is 0 Å². The van der Waals surface area contributed by atoms with Crippen LogP contribution in [0.15, 0.2) is 72.8 Å². The number of methoxy groups -OCH3 is 1. The van der Waals surface area contributed by atoms with E-state index in [0.29, 0.717) is 0 Å². The minimum atomic E-state index is 0.783. The van der Waals surface area contributed by atoms with Crippen molar-refractivity contribution >= 4 is 21.8 Å². The van der Waals surface area contributed by atoms with E-state index in [0.717, 1.165) is 39.1 Å². The van der Waals surface area contributed by atoms with Crippen LogP contribution in [0.3, 0.4) is 0 Å². The molecule has 1 heterocycles. The normalized spacial score (nSPS) is 10.8. The monoisotopic (exact) mass is 301 g/mol. The first-order valence-corrected chi connectivity index (χ1v) is 7.44. The predicted molar refractivity (Wildman–Crippen MR) is 92.3 cm³/mol. The van der Waals surface area contributed by atoms with Crippen molar-refractivity contribution in [2.45, 2.75) is 0 Å². The van der Waals surface area contributed by atoms with E-state index >= 15 is 0 Å². The first-order chi connectivity index (χ1) is 11.3. The number of ether oxygens (including phenoxy) is 2. The summed E-state index contributed by atoms with van der Waals surface area (Å²) in [4.78, 5) is 4.73. The topological polar surface area (TPSA) is 31.4 Å². The fourth-order valence-electron chi connectivity index (χ4n) is 2.68. The van der Waals surface area contributed by atoms with Crippen molar-refractivity contribution < 1.29 is 9.47 Å². The standard InChI is InChI=1S/C20H15NO2/c1-22-15-11-12-17-19(13-15)21-18-10-6-5-9-16(18)20(17)23-14-7-3-2-4-8-14/h2-13H,1H3. The first-order valence-electron chi connectivity index (χ1n) is 7.44. The molecular weight excluding hydrogens is 286 g/mol. The minimum Gasteiger partial charge on any atom is -0.497 e. The maximum absolute atomic E-state index is 6.20. The van der Waals surface area contributed by atoms with Gasteiger partial charge in [-0.3, -0.25) is 0 Å². The van der Waals surface area contributed by atoms with Gasteiger partial charge in [-0.1, -0.05) is 30.3 Å². The molecule has 4 rings (SSSR count). The van der Waals surface area contributed by atoms with E-state index in [1.54, 1.807) is 7.11 Å². The molecule has 0 aliphatic rings. The highest BCUT2D eigenvalue weighted by Crippen LogP contribution is 2.37. The van der Waals surface area contributed by atoms with Gasteiger partial charge in [0.1, 0.15) is 17.2 Å². The van der Waals surface area contributed by atoms with Crippen molar-refractivity contribution in [3.05, 3.63) is 72.8 Å². The fourth-order valence-corrected chi connectivity index (χ4v) is 2.68. The number of benzene rings is 3. The maximum atomic E-state index is 6.20. The van der Waals surface area contributed by atoms with Gasteiger partial charge in [-0.05, 0) is 36.4 Å². The smallest absolute Gasteiger partial charge is 0.146 e. The van der Waals surface area contributed by atoms with Crippen LogP contribution in [0.1, 0.15) is 0 Å². The van der Waals surface area contributed by atoms with E-state index in [1.807, 2.05) is 72.8 Å². The van der Waals surface area contributed by atoms with Crippen molar-refractivity contribution in [3.8, 4) is 17.2 Å². The molecule has 0 aliphatic carbocycles. The van der Waals surface area contributed by atoms with Crippen LogP contribution in [0.25, 0.3) is 21.8 Å². The van der Waals surface area contributed by atoms with Gasteiger partial charge in [0.15, 0.2) is 0 Å². The lowest BCUT2D eigenvalue weighted by molar-refractivity contribution is 0.415. The van der Waals surface area contributed by atoms with Crippen LogP contribution >= 0.6 is 0 Å². The average molecular weight is 301 g/mol. The lowest BCUT2D eigenvalue weighted by Crippen LogP contribution is -1.92. The van der Waals surface area contributed by atoms with Crippen LogP contribution in [0.5, 0.6) is 17.2 Å². The summed E-state index contributed by atoms with van der Waals surface area (Å²) in [6.07, 6.45) is 0. The molecule has 112 valence electrons. The number of rotatable bonds is 3. The van der Waals surface area contributed by atoms with Gasteiger partial charge in [-0.25, -0.2) is 4.98 Å². The molecule has 0 N–H and O–H groups in total. The molecule has 0 amide bonds. The van der Waals surface area contributed by atoms with Crippen LogP contribution in [0, 0.1) is 0 Å². The van der Waals surface area contributed by atoms with E-state index in [4.69, 9.17) is 14.5 Å². The Hall–Kier alpha value is -3.07.